The van der Waals surface area contributed by atoms with Crippen LogP contribution in [0.3, 0.4) is 0 Å². The number of nitrogens with one attached hydrogen (secondary N) is 2. The lowest BCUT2D eigenvalue weighted by molar-refractivity contribution is -0.124. The molecular formula is C26H32FN3O3. The Balaban J connectivity index is 1.69. The highest BCUT2D eigenvalue weighted by molar-refractivity contribution is 5.98. The molecule has 1 atom stereocenters. The lowest BCUT2D eigenvalue weighted by Crippen LogP contribution is -2.54. The SMILES string of the molecule is Cc1ccc(C(=O)NC(C(=O)NCC(C)C)C2CCN(C(=O)c3ccccc3F)CC2)cc1. The van der Waals surface area contributed by atoms with Gasteiger partial charge in [0.05, 0.1) is 5.56 Å². The van der Waals surface area contributed by atoms with Gasteiger partial charge < -0.3 is 15.5 Å². The smallest absolute Gasteiger partial charge is 0.256 e. The van der Waals surface area contributed by atoms with Crippen LogP contribution in [0.4, 0.5) is 4.39 Å². The Labute approximate surface area is 194 Å². The molecule has 0 saturated carbocycles. The molecule has 0 aliphatic carbocycles. The van der Waals surface area contributed by atoms with Crippen LogP contribution in [0.5, 0.6) is 0 Å². The second-order valence-electron chi connectivity index (χ2n) is 9.07. The van der Waals surface area contributed by atoms with Crippen LogP contribution in [0.2, 0.25) is 0 Å². The van der Waals surface area contributed by atoms with E-state index in [1.165, 1.54) is 12.1 Å². The number of carbonyl (C=O) groups is 3. The molecule has 0 radical (unpaired) electrons. The molecule has 33 heavy (non-hydrogen) atoms. The third kappa shape index (κ3) is 6.40. The maximum Gasteiger partial charge on any atom is 0.256 e. The molecule has 176 valence electrons. The van der Waals surface area contributed by atoms with Crippen LogP contribution >= 0.6 is 0 Å². The van der Waals surface area contributed by atoms with Crippen LogP contribution in [-0.4, -0.2) is 48.3 Å². The van der Waals surface area contributed by atoms with Gasteiger partial charge in [0.25, 0.3) is 11.8 Å². The Morgan fingerprint density at radius 2 is 1.67 bits per heavy atom. The molecule has 1 heterocycles. The van der Waals surface area contributed by atoms with Crippen LogP contribution in [0.15, 0.2) is 48.5 Å². The predicted molar refractivity (Wildman–Crippen MR) is 125 cm³/mol. The van der Waals surface area contributed by atoms with Gasteiger partial charge in [0, 0.05) is 25.2 Å². The molecule has 6 nitrogen and oxygen atoms in total. The maximum atomic E-state index is 14.0. The molecule has 0 spiro atoms. The van der Waals surface area contributed by atoms with Crippen LogP contribution in [0, 0.1) is 24.6 Å². The number of carbonyl (C=O) groups excluding carboxylic acids is 3. The Hall–Kier alpha value is -3.22. The lowest BCUT2D eigenvalue weighted by Gasteiger charge is -2.36. The molecule has 3 rings (SSSR count). The van der Waals surface area contributed by atoms with Gasteiger partial charge in [-0.1, -0.05) is 43.7 Å². The quantitative estimate of drug-likeness (QED) is 0.673. The molecule has 1 aliphatic rings. The summed E-state index contributed by atoms with van der Waals surface area (Å²) >= 11 is 0. The largest absolute Gasteiger partial charge is 0.354 e. The third-order valence-electron chi connectivity index (χ3n) is 5.97. The van der Waals surface area contributed by atoms with Crippen molar-refractivity contribution in [1.82, 2.24) is 15.5 Å². The van der Waals surface area contributed by atoms with E-state index in [4.69, 9.17) is 0 Å². The van der Waals surface area contributed by atoms with Crippen LogP contribution < -0.4 is 10.6 Å². The lowest BCUT2D eigenvalue weighted by atomic mass is 9.88. The first kappa shape index (κ1) is 24.4. The van der Waals surface area contributed by atoms with Gasteiger partial charge in [-0.05, 0) is 55.9 Å². The molecule has 1 saturated heterocycles. The number of halogens is 1. The van der Waals surface area contributed by atoms with E-state index in [0.717, 1.165) is 5.56 Å². The predicted octanol–water partition coefficient (Wildman–Crippen LogP) is 3.56. The third-order valence-corrected chi connectivity index (χ3v) is 5.97. The number of hydrogen-bond acceptors (Lipinski definition) is 3. The van der Waals surface area contributed by atoms with Crippen molar-refractivity contribution in [1.29, 1.82) is 0 Å². The number of benzene rings is 2. The zero-order valence-corrected chi connectivity index (χ0v) is 19.4. The van der Waals surface area contributed by atoms with Crippen LogP contribution in [0.25, 0.3) is 0 Å². The number of aryl methyl sites for hydroxylation is 1. The first-order valence-electron chi connectivity index (χ1n) is 11.4. The highest BCUT2D eigenvalue weighted by Gasteiger charge is 2.34. The first-order valence-corrected chi connectivity index (χ1v) is 11.4. The number of hydrogen-bond donors (Lipinski definition) is 2. The highest BCUT2D eigenvalue weighted by Crippen LogP contribution is 2.23. The zero-order chi connectivity index (χ0) is 24.0. The summed E-state index contributed by atoms with van der Waals surface area (Å²) in [6, 6.07) is 12.4. The van der Waals surface area contributed by atoms with Crippen molar-refractivity contribution in [2.75, 3.05) is 19.6 Å². The van der Waals surface area contributed by atoms with E-state index >= 15 is 0 Å². The highest BCUT2D eigenvalue weighted by atomic mass is 19.1. The molecular weight excluding hydrogens is 421 g/mol. The standard InChI is InChI=1S/C26H32FN3O3/c1-17(2)16-28-25(32)23(29-24(31)20-10-8-18(3)9-11-20)19-12-14-30(15-13-19)26(33)21-6-4-5-7-22(21)27/h4-11,17,19,23H,12-16H2,1-3H3,(H,28,32)(H,29,31). The maximum absolute atomic E-state index is 14.0. The average molecular weight is 454 g/mol. The zero-order valence-electron chi connectivity index (χ0n) is 19.4. The summed E-state index contributed by atoms with van der Waals surface area (Å²) in [6.45, 7) is 7.26. The normalized spacial score (nSPS) is 15.2. The van der Waals surface area contributed by atoms with Crippen molar-refractivity contribution in [3.63, 3.8) is 0 Å². The van der Waals surface area contributed by atoms with E-state index in [9.17, 15) is 18.8 Å². The Morgan fingerprint density at radius 3 is 2.27 bits per heavy atom. The monoisotopic (exact) mass is 453 g/mol. The number of rotatable bonds is 7. The van der Waals surface area contributed by atoms with Gasteiger partial charge in [-0.2, -0.15) is 0 Å². The summed E-state index contributed by atoms with van der Waals surface area (Å²) in [6.07, 6.45) is 1.07. The van der Waals surface area contributed by atoms with E-state index in [1.807, 2.05) is 32.9 Å². The summed E-state index contributed by atoms with van der Waals surface area (Å²) in [5.41, 5.74) is 1.59. The van der Waals surface area contributed by atoms with Crippen molar-refractivity contribution in [3.05, 3.63) is 71.0 Å². The number of likely N-dealkylation sites (tertiary alicyclic amines) is 1. The molecule has 3 amide bonds. The van der Waals surface area contributed by atoms with Gasteiger partial charge in [0.1, 0.15) is 11.9 Å². The fourth-order valence-electron chi connectivity index (χ4n) is 3.98. The summed E-state index contributed by atoms with van der Waals surface area (Å²) in [5.74, 6) is -1.26. The summed E-state index contributed by atoms with van der Waals surface area (Å²) < 4.78 is 14.0. The van der Waals surface area contributed by atoms with Crippen LogP contribution in [0.1, 0.15) is 53.0 Å². The summed E-state index contributed by atoms with van der Waals surface area (Å²) in [4.78, 5) is 40.2. The second-order valence-corrected chi connectivity index (χ2v) is 9.07. The van der Waals surface area contributed by atoms with E-state index in [2.05, 4.69) is 10.6 Å². The van der Waals surface area contributed by atoms with Gasteiger partial charge in [-0.15, -0.1) is 0 Å². The molecule has 7 heteroatoms. The molecule has 2 N–H and O–H groups in total. The van der Waals surface area contributed by atoms with Gasteiger partial charge in [0.2, 0.25) is 5.91 Å². The summed E-state index contributed by atoms with van der Waals surface area (Å²) in [7, 11) is 0. The van der Waals surface area contributed by atoms with Gasteiger partial charge in [-0.3, -0.25) is 14.4 Å². The van der Waals surface area contributed by atoms with Gasteiger partial charge in [0.15, 0.2) is 0 Å². The van der Waals surface area contributed by atoms with E-state index in [1.54, 1.807) is 29.2 Å². The number of amides is 3. The van der Waals surface area contributed by atoms with E-state index < -0.39 is 11.9 Å². The number of nitrogens with zero attached hydrogens (tertiary/aromatic N) is 1. The van der Waals surface area contributed by atoms with E-state index in [-0.39, 0.29) is 35.1 Å². The molecule has 1 unspecified atom stereocenters. The molecule has 0 bridgehead atoms. The minimum atomic E-state index is -0.705. The minimum Gasteiger partial charge on any atom is -0.354 e. The first-order chi connectivity index (χ1) is 15.8. The molecule has 2 aromatic rings. The molecule has 1 aliphatic heterocycles. The fraction of sp³-hybridized carbons (Fsp3) is 0.423. The van der Waals surface area contributed by atoms with Gasteiger partial charge in [-0.25, -0.2) is 4.39 Å². The minimum absolute atomic E-state index is 0.0508. The van der Waals surface area contributed by atoms with Crippen molar-refractivity contribution in [2.45, 2.75) is 39.7 Å². The number of piperidine rings is 1. The molecule has 1 fully saturated rings. The van der Waals surface area contributed by atoms with Crippen molar-refractivity contribution < 1.29 is 18.8 Å². The van der Waals surface area contributed by atoms with Crippen molar-refractivity contribution in [3.8, 4) is 0 Å². The molecule has 2 aromatic carbocycles. The van der Waals surface area contributed by atoms with Crippen molar-refractivity contribution >= 4 is 17.7 Å². The Kier molecular flexibility index (Phi) is 8.20. The molecule has 0 aromatic heterocycles. The Bertz CT molecular complexity index is 983. The van der Waals surface area contributed by atoms with E-state index in [0.29, 0.717) is 38.0 Å². The Morgan fingerprint density at radius 1 is 1.03 bits per heavy atom. The van der Waals surface area contributed by atoms with Crippen molar-refractivity contribution in [2.24, 2.45) is 11.8 Å². The average Bonchev–Trinajstić information content (AvgIpc) is 2.81. The van der Waals surface area contributed by atoms with Crippen LogP contribution in [-0.2, 0) is 4.79 Å². The van der Waals surface area contributed by atoms with Gasteiger partial charge >= 0.3 is 0 Å². The fourth-order valence-corrected chi connectivity index (χ4v) is 3.98. The second kappa shape index (κ2) is 11.1. The topological polar surface area (TPSA) is 78.5 Å². The summed E-state index contributed by atoms with van der Waals surface area (Å²) in [5, 5.41) is 5.85.